The summed E-state index contributed by atoms with van der Waals surface area (Å²) in [4.78, 5) is 24.3. The number of rotatable bonds is 3. The van der Waals surface area contributed by atoms with Crippen molar-refractivity contribution in [2.45, 2.75) is 95.2 Å². The van der Waals surface area contributed by atoms with E-state index in [2.05, 4.69) is 13.8 Å². The molecule has 32 heavy (non-hydrogen) atoms. The Kier molecular flexibility index (Phi) is 4.41. The van der Waals surface area contributed by atoms with Crippen LogP contribution in [0.15, 0.2) is 0 Å². The highest BCUT2D eigenvalue weighted by molar-refractivity contribution is 5.90. The second kappa shape index (κ2) is 6.55. The highest BCUT2D eigenvalue weighted by Crippen LogP contribution is 2.75. The SMILES string of the molecule is CC(=O)OCC(=O)[C@@]1(O)CC[C@@H]2[C@H]3C[C@@H]4O[C@@]45CCC4(C[C@]5(C)[C@@H]3CC[C@@]21C)OCCO4. The van der Waals surface area contributed by atoms with Gasteiger partial charge in [0.1, 0.15) is 11.2 Å². The smallest absolute Gasteiger partial charge is 0.303 e. The van der Waals surface area contributed by atoms with Gasteiger partial charge in [0.2, 0.25) is 5.78 Å². The predicted molar refractivity (Wildman–Crippen MR) is 112 cm³/mol. The molecule has 0 aromatic rings. The summed E-state index contributed by atoms with van der Waals surface area (Å²) in [5.74, 6) is -0.165. The summed E-state index contributed by atoms with van der Waals surface area (Å²) >= 11 is 0. The van der Waals surface area contributed by atoms with E-state index in [9.17, 15) is 14.7 Å². The lowest BCUT2D eigenvalue weighted by molar-refractivity contribution is -0.237. The third-order valence-electron chi connectivity index (χ3n) is 10.9. The Balaban J connectivity index is 1.29. The molecule has 6 rings (SSSR count). The summed E-state index contributed by atoms with van der Waals surface area (Å²) < 4.78 is 23.8. The number of Topliss-reactive ketones (excluding diaryl/α,β-unsaturated/α-hetero) is 1. The van der Waals surface area contributed by atoms with E-state index < -0.39 is 22.8 Å². The molecule has 0 radical (unpaired) electrons. The Morgan fingerprint density at radius 1 is 1.00 bits per heavy atom. The van der Waals surface area contributed by atoms with E-state index in [0.717, 1.165) is 44.9 Å². The summed E-state index contributed by atoms with van der Waals surface area (Å²) in [5.41, 5.74) is -2.00. The lowest BCUT2D eigenvalue weighted by Gasteiger charge is -2.61. The van der Waals surface area contributed by atoms with Crippen LogP contribution in [0, 0.1) is 28.6 Å². The van der Waals surface area contributed by atoms with Crippen LogP contribution in [0.2, 0.25) is 0 Å². The van der Waals surface area contributed by atoms with Crippen molar-refractivity contribution in [3.05, 3.63) is 0 Å². The molecular formula is C25H36O7. The van der Waals surface area contributed by atoms with Gasteiger partial charge in [0, 0.05) is 30.6 Å². The average Bonchev–Trinajstić information content (AvgIpc) is 3.16. The molecule has 0 aromatic carbocycles. The standard InChI is InChI=1S/C25H36O7/c1-15(26)29-13-19(27)24(28)7-5-17-16-12-20-25(32-20)9-8-23(30-10-11-31-23)14-22(25,3)18(16)4-6-21(17,24)2/h16-18,20,28H,4-14H2,1-3H3/t16-,17-,18-,20+,21+,22-,24+,25+/m1/s1. The van der Waals surface area contributed by atoms with Crippen LogP contribution < -0.4 is 0 Å². The molecule has 7 nitrogen and oxygen atoms in total. The van der Waals surface area contributed by atoms with Gasteiger partial charge in [0.15, 0.2) is 12.4 Å². The Morgan fingerprint density at radius 2 is 1.69 bits per heavy atom. The zero-order valence-electron chi connectivity index (χ0n) is 19.5. The molecule has 4 aliphatic carbocycles. The summed E-state index contributed by atoms with van der Waals surface area (Å²) in [6.07, 6.45) is 7.08. The molecule has 2 saturated heterocycles. The molecule has 2 aliphatic heterocycles. The monoisotopic (exact) mass is 448 g/mol. The molecule has 0 amide bonds. The topological polar surface area (TPSA) is 94.6 Å². The average molecular weight is 449 g/mol. The number of carbonyl (C=O) groups excluding carboxylic acids is 2. The maximum absolute atomic E-state index is 13.0. The largest absolute Gasteiger partial charge is 0.458 e. The minimum absolute atomic E-state index is 0.0209. The highest BCUT2D eigenvalue weighted by Gasteiger charge is 2.78. The summed E-state index contributed by atoms with van der Waals surface area (Å²) in [5, 5.41) is 11.6. The number of epoxide rings is 1. The van der Waals surface area contributed by atoms with Gasteiger partial charge in [0.25, 0.3) is 0 Å². The first-order chi connectivity index (χ1) is 15.1. The van der Waals surface area contributed by atoms with Gasteiger partial charge in [-0.25, -0.2) is 0 Å². The molecule has 8 atom stereocenters. The highest BCUT2D eigenvalue weighted by atomic mass is 16.7. The summed E-state index contributed by atoms with van der Waals surface area (Å²) in [7, 11) is 0. The Bertz CT molecular complexity index is 851. The first-order valence-corrected chi connectivity index (χ1v) is 12.4. The maximum atomic E-state index is 13.0. The third kappa shape index (κ3) is 2.51. The first kappa shape index (κ1) is 21.5. The number of hydrogen-bond donors (Lipinski definition) is 1. The van der Waals surface area contributed by atoms with Crippen LogP contribution >= 0.6 is 0 Å². The van der Waals surface area contributed by atoms with Gasteiger partial charge in [-0.2, -0.15) is 0 Å². The minimum Gasteiger partial charge on any atom is -0.458 e. The van der Waals surface area contributed by atoms with Gasteiger partial charge >= 0.3 is 5.97 Å². The van der Waals surface area contributed by atoms with Crippen molar-refractivity contribution in [3.63, 3.8) is 0 Å². The van der Waals surface area contributed by atoms with Gasteiger partial charge in [0.05, 0.1) is 19.3 Å². The number of hydrogen-bond acceptors (Lipinski definition) is 7. The molecule has 2 heterocycles. The maximum Gasteiger partial charge on any atom is 0.303 e. The third-order valence-corrected chi connectivity index (χ3v) is 10.9. The van der Waals surface area contributed by atoms with Crippen molar-refractivity contribution in [1.82, 2.24) is 0 Å². The molecular weight excluding hydrogens is 412 g/mol. The number of carbonyl (C=O) groups is 2. The normalized spacial score (nSPS) is 52.5. The lowest BCUT2D eigenvalue weighted by Crippen LogP contribution is -2.63. The van der Waals surface area contributed by atoms with Gasteiger partial charge in [-0.15, -0.1) is 0 Å². The first-order valence-electron chi connectivity index (χ1n) is 12.4. The van der Waals surface area contributed by atoms with Crippen LogP contribution in [-0.4, -0.2) is 59.8 Å². The van der Waals surface area contributed by atoms with Gasteiger partial charge in [-0.3, -0.25) is 9.59 Å². The van der Waals surface area contributed by atoms with E-state index in [1.165, 1.54) is 6.92 Å². The van der Waals surface area contributed by atoms with Crippen molar-refractivity contribution in [1.29, 1.82) is 0 Å². The quantitative estimate of drug-likeness (QED) is 0.524. The number of fused-ring (bicyclic) bond motifs is 4. The van der Waals surface area contributed by atoms with E-state index in [0.29, 0.717) is 31.5 Å². The molecule has 6 aliphatic rings. The van der Waals surface area contributed by atoms with Crippen LogP contribution in [0.3, 0.4) is 0 Å². The fourth-order valence-electron chi connectivity index (χ4n) is 9.24. The molecule has 0 aromatic heterocycles. The molecule has 6 fully saturated rings. The second-order valence-electron chi connectivity index (χ2n) is 11.9. The Morgan fingerprint density at radius 3 is 2.41 bits per heavy atom. The zero-order valence-corrected chi connectivity index (χ0v) is 19.5. The zero-order chi connectivity index (χ0) is 22.6. The number of aliphatic hydroxyl groups is 1. The van der Waals surface area contributed by atoms with E-state index in [4.69, 9.17) is 18.9 Å². The van der Waals surface area contributed by atoms with E-state index in [1.54, 1.807) is 0 Å². The molecule has 7 heteroatoms. The van der Waals surface area contributed by atoms with Crippen LogP contribution in [0.5, 0.6) is 0 Å². The van der Waals surface area contributed by atoms with Crippen molar-refractivity contribution in [3.8, 4) is 0 Å². The van der Waals surface area contributed by atoms with Gasteiger partial charge in [-0.1, -0.05) is 13.8 Å². The van der Waals surface area contributed by atoms with Crippen molar-refractivity contribution < 1.29 is 33.6 Å². The molecule has 4 saturated carbocycles. The molecule has 0 unspecified atom stereocenters. The predicted octanol–water partition coefficient (Wildman–Crippen LogP) is 2.77. The van der Waals surface area contributed by atoms with Crippen LogP contribution in [-0.2, 0) is 28.5 Å². The molecule has 0 bridgehead atoms. The van der Waals surface area contributed by atoms with E-state index in [1.807, 2.05) is 0 Å². The van der Waals surface area contributed by atoms with Crippen LogP contribution in [0.1, 0.15) is 72.1 Å². The Hall–Kier alpha value is -1.02. The van der Waals surface area contributed by atoms with E-state index in [-0.39, 0.29) is 35.4 Å². The van der Waals surface area contributed by atoms with Crippen molar-refractivity contribution in [2.75, 3.05) is 19.8 Å². The second-order valence-corrected chi connectivity index (χ2v) is 11.9. The summed E-state index contributed by atoms with van der Waals surface area (Å²) in [6.45, 7) is 6.77. The number of ketones is 1. The molecule has 1 N–H and O–H groups in total. The molecule has 2 spiro atoms. The van der Waals surface area contributed by atoms with Crippen LogP contribution in [0.4, 0.5) is 0 Å². The Labute approximate surface area is 189 Å². The van der Waals surface area contributed by atoms with Crippen molar-refractivity contribution >= 4 is 11.8 Å². The van der Waals surface area contributed by atoms with Gasteiger partial charge in [-0.05, 0) is 56.3 Å². The van der Waals surface area contributed by atoms with E-state index >= 15 is 0 Å². The minimum atomic E-state index is -1.43. The van der Waals surface area contributed by atoms with Crippen LogP contribution in [0.25, 0.3) is 0 Å². The fraction of sp³-hybridized carbons (Fsp3) is 0.920. The lowest BCUT2D eigenvalue weighted by atomic mass is 9.43. The number of ether oxygens (including phenoxy) is 4. The van der Waals surface area contributed by atoms with Crippen molar-refractivity contribution in [2.24, 2.45) is 28.6 Å². The summed E-state index contributed by atoms with van der Waals surface area (Å²) in [6, 6.07) is 0. The fourth-order valence-corrected chi connectivity index (χ4v) is 9.24. The molecule has 178 valence electrons. The number of esters is 1. The van der Waals surface area contributed by atoms with Gasteiger partial charge < -0.3 is 24.1 Å².